The molecule has 0 N–H and O–H groups in total. The molecule has 0 unspecified atom stereocenters. The van der Waals surface area contributed by atoms with Crippen LogP contribution in [0.25, 0.3) is 11.1 Å². The molecule has 0 radical (unpaired) electrons. The molecule has 0 bridgehead atoms. The lowest BCUT2D eigenvalue weighted by Crippen LogP contribution is -2.31. The van der Waals surface area contributed by atoms with Crippen molar-refractivity contribution >= 4 is 31.9 Å². The van der Waals surface area contributed by atoms with Crippen LogP contribution in [0, 0.1) is 0 Å². The van der Waals surface area contributed by atoms with E-state index in [1.807, 2.05) is 0 Å². The summed E-state index contributed by atoms with van der Waals surface area (Å²) < 4.78 is 2.29. The van der Waals surface area contributed by atoms with E-state index in [-0.39, 0.29) is 0 Å². The predicted molar refractivity (Wildman–Crippen MR) is 100 cm³/mol. The summed E-state index contributed by atoms with van der Waals surface area (Å²) in [6.07, 6.45) is 0. The van der Waals surface area contributed by atoms with Crippen LogP contribution in [0.2, 0.25) is 0 Å². The summed E-state index contributed by atoms with van der Waals surface area (Å²) in [5, 5.41) is 0. The van der Waals surface area contributed by atoms with Crippen LogP contribution in [0.15, 0.2) is 45.3 Å². The van der Waals surface area contributed by atoms with Crippen LogP contribution in [0.4, 0.5) is 0 Å². The minimum absolute atomic E-state index is 0.319. The lowest BCUT2D eigenvalue weighted by Gasteiger charge is -2.27. The molecule has 0 atom stereocenters. The molecule has 4 heteroatoms. The van der Waals surface area contributed by atoms with Crippen molar-refractivity contribution in [3.8, 4) is 11.1 Å². The lowest BCUT2D eigenvalue weighted by atomic mass is 10.0. The fraction of sp³-hybridized carbons (Fsp3) is 0.333. The van der Waals surface area contributed by atoms with Crippen LogP contribution >= 0.6 is 31.9 Å². The first-order valence-electron chi connectivity index (χ1n) is 7.41. The largest absolute Gasteiger partial charge is 0.308 e. The van der Waals surface area contributed by atoms with Crippen LogP contribution in [0.3, 0.4) is 0 Å². The van der Waals surface area contributed by atoms with E-state index in [4.69, 9.17) is 0 Å². The van der Waals surface area contributed by atoms with Crippen LogP contribution < -0.4 is 0 Å². The molecule has 0 saturated heterocycles. The van der Waals surface area contributed by atoms with Gasteiger partial charge in [0.05, 0.1) is 6.04 Å². The van der Waals surface area contributed by atoms with Crippen molar-refractivity contribution < 1.29 is 0 Å². The second kappa shape index (κ2) is 6.44. The van der Waals surface area contributed by atoms with E-state index in [9.17, 15) is 0 Å². The first kappa shape index (κ1) is 16.2. The first-order chi connectivity index (χ1) is 10.5. The van der Waals surface area contributed by atoms with Gasteiger partial charge in [-0.3, -0.25) is 4.90 Å². The molecule has 2 aromatic rings. The molecule has 0 saturated carbocycles. The number of rotatable bonds is 4. The number of halogens is 2. The Morgan fingerprint density at radius 2 is 1.32 bits per heavy atom. The fourth-order valence-corrected chi connectivity index (χ4v) is 3.90. The molecule has 1 aliphatic carbocycles. The van der Waals surface area contributed by atoms with Gasteiger partial charge in [-0.05, 0) is 67.7 Å². The SMILES string of the molecule is CN(C)CCN(C)C1c2cc(Br)ccc2-c2ccc(Br)cc21. The number of hydrogen-bond donors (Lipinski definition) is 0. The van der Waals surface area contributed by atoms with E-state index in [2.05, 4.69) is 99.2 Å². The van der Waals surface area contributed by atoms with Gasteiger partial charge in [-0.1, -0.05) is 44.0 Å². The van der Waals surface area contributed by atoms with Crippen molar-refractivity contribution in [1.29, 1.82) is 0 Å². The van der Waals surface area contributed by atoms with Crippen LogP contribution in [-0.4, -0.2) is 44.0 Å². The summed E-state index contributed by atoms with van der Waals surface area (Å²) in [6, 6.07) is 13.6. The number of benzene rings is 2. The third-order valence-electron chi connectivity index (χ3n) is 4.25. The van der Waals surface area contributed by atoms with E-state index < -0.39 is 0 Å². The van der Waals surface area contributed by atoms with E-state index in [0.717, 1.165) is 22.0 Å². The van der Waals surface area contributed by atoms with E-state index in [1.165, 1.54) is 22.3 Å². The van der Waals surface area contributed by atoms with Crippen molar-refractivity contribution in [2.75, 3.05) is 34.2 Å². The van der Waals surface area contributed by atoms with Crippen molar-refractivity contribution in [3.05, 3.63) is 56.5 Å². The lowest BCUT2D eigenvalue weighted by molar-refractivity contribution is 0.247. The Bertz CT molecular complexity index is 646. The van der Waals surface area contributed by atoms with Gasteiger partial charge in [0.25, 0.3) is 0 Å². The van der Waals surface area contributed by atoms with Gasteiger partial charge in [0.1, 0.15) is 0 Å². The minimum Gasteiger partial charge on any atom is -0.308 e. The van der Waals surface area contributed by atoms with Crippen molar-refractivity contribution in [3.63, 3.8) is 0 Å². The zero-order chi connectivity index (χ0) is 15.9. The minimum atomic E-state index is 0.319. The molecule has 0 fully saturated rings. The third kappa shape index (κ3) is 3.02. The monoisotopic (exact) mass is 422 g/mol. The molecular formula is C18H20Br2N2. The highest BCUT2D eigenvalue weighted by atomic mass is 79.9. The van der Waals surface area contributed by atoms with Crippen LogP contribution in [-0.2, 0) is 0 Å². The maximum atomic E-state index is 3.63. The number of fused-ring (bicyclic) bond motifs is 3. The van der Waals surface area contributed by atoms with Gasteiger partial charge in [-0.2, -0.15) is 0 Å². The van der Waals surface area contributed by atoms with E-state index in [0.29, 0.717) is 6.04 Å². The summed E-state index contributed by atoms with van der Waals surface area (Å²) in [5.74, 6) is 0. The predicted octanol–water partition coefficient (Wildman–Crippen LogP) is 4.77. The normalized spacial score (nSPS) is 13.8. The molecule has 2 aromatic carbocycles. The second-order valence-electron chi connectivity index (χ2n) is 6.15. The highest BCUT2D eigenvalue weighted by Gasteiger charge is 2.31. The molecule has 0 heterocycles. The van der Waals surface area contributed by atoms with Gasteiger partial charge in [0.2, 0.25) is 0 Å². The second-order valence-corrected chi connectivity index (χ2v) is 7.98. The van der Waals surface area contributed by atoms with Gasteiger partial charge in [-0.15, -0.1) is 0 Å². The summed E-state index contributed by atoms with van der Waals surface area (Å²) >= 11 is 7.25. The van der Waals surface area contributed by atoms with Gasteiger partial charge < -0.3 is 4.90 Å². The molecule has 0 aliphatic heterocycles. The van der Waals surface area contributed by atoms with E-state index >= 15 is 0 Å². The smallest absolute Gasteiger partial charge is 0.0612 e. The Balaban J connectivity index is 2.05. The molecule has 3 rings (SSSR count). The molecular weight excluding hydrogens is 404 g/mol. The number of hydrogen-bond acceptors (Lipinski definition) is 2. The highest BCUT2D eigenvalue weighted by Crippen LogP contribution is 2.47. The Hall–Kier alpha value is -0.680. The molecule has 0 amide bonds. The molecule has 2 nitrogen and oxygen atoms in total. The Kier molecular flexibility index (Phi) is 4.74. The third-order valence-corrected chi connectivity index (χ3v) is 5.23. The Morgan fingerprint density at radius 3 is 1.77 bits per heavy atom. The average molecular weight is 424 g/mol. The maximum Gasteiger partial charge on any atom is 0.0612 e. The summed E-state index contributed by atoms with van der Waals surface area (Å²) in [7, 11) is 6.46. The molecule has 1 aliphatic rings. The topological polar surface area (TPSA) is 6.48 Å². The van der Waals surface area contributed by atoms with E-state index in [1.54, 1.807) is 0 Å². The zero-order valence-corrected chi connectivity index (χ0v) is 16.3. The molecule has 22 heavy (non-hydrogen) atoms. The highest BCUT2D eigenvalue weighted by molar-refractivity contribution is 9.10. The average Bonchev–Trinajstić information content (AvgIpc) is 2.77. The van der Waals surface area contributed by atoms with Gasteiger partial charge in [-0.25, -0.2) is 0 Å². The quantitative estimate of drug-likeness (QED) is 0.698. The van der Waals surface area contributed by atoms with Gasteiger partial charge in [0, 0.05) is 22.0 Å². The number of nitrogens with zero attached hydrogens (tertiary/aromatic N) is 2. The Labute approximate surface area is 149 Å². The van der Waals surface area contributed by atoms with Crippen molar-refractivity contribution in [2.24, 2.45) is 0 Å². The summed E-state index contributed by atoms with van der Waals surface area (Å²) in [4.78, 5) is 4.68. The molecule has 116 valence electrons. The first-order valence-corrected chi connectivity index (χ1v) is 9.00. The summed E-state index contributed by atoms with van der Waals surface area (Å²) in [6.45, 7) is 2.09. The van der Waals surface area contributed by atoms with Crippen molar-refractivity contribution in [1.82, 2.24) is 9.80 Å². The summed E-state index contributed by atoms with van der Waals surface area (Å²) in [5.41, 5.74) is 5.49. The zero-order valence-electron chi connectivity index (χ0n) is 13.1. The van der Waals surface area contributed by atoms with Crippen molar-refractivity contribution in [2.45, 2.75) is 6.04 Å². The van der Waals surface area contributed by atoms with Gasteiger partial charge >= 0.3 is 0 Å². The number of likely N-dealkylation sites (N-methyl/N-ethyl adjacent to an activating group) is 2. The van der Waals surface area contributed by atoms with Gasteiger partial charge in [0.15, 0.2) is 0 Å². The standard InChI is InChI=1S/C18H20Br2N2/c1-21(2)8-9-22(3)18-16-10-12(19)4-6-14(16)15-7-5-13(20)11-17(15)18/h4-7,10-11,18H,8-9H2,1-3H3. The molecule has 0 aromatic heterocycles. The maximum absolute atomic E-state index is 3.63. The van der Waals surface area contributed by atoms with Crippen LogP contribution in [0.5, 0.6) is 0 Å². The van der Waals surface area contributed by atoms with Crippen LogP contribution in [0.1, 0.15) is 17.2 Å². The Morgan fingerprint density at radius 1 is 0.818 bits per heavy atom. The molecule has 0 spiro atoms. The fourth-order valence-electron chi connectivity index (χ4n) is 3.14.